The number of halogens is 1. The number of fused-ring (bicyclic) bond motifs is 1. The van der Waals surface area contributed by atoms with Gasteiger partial charge in [0.2, 0.25) is 5.91 Å². The molecule has 36 heavy (non-hydrogen) atoms. The van der Waals surface area contributed by atoms with Crippen molar-refractivity contribution in [3.63, 3.8) is 0 Å². The number of carbonyl (C=O) groups is 1. The Hall–Kier alpha value is -4.26. The normalized spacial score (nSPS) is 11.4. The summed E-state index contributed by atoms with van der Waals surface area (Å²) in [7, 11) is 3.09. The van der Waals surface area contributed by atoms with Crippen LogP contribution < -0.4 is 19.5 Å². The Labute approximate surface area is 209 Å². The van der Waals surface area contributed by atoms with Crippen molar-refractivity contribution in [3.05, 3.63) is 77.8 Å². The average Bonchev–Trinajstić information content (AvgIpc) is 3.30. The Morgan fingerprint density at radius 3 is 2.50 bits per heavy atom. The van der Waals surface area contributed by atoms with E-state index in [4.69, 9.17) is 18.6 Å². The molecule has 1 aromatic heterocycles. The molecule has 186 valence electrons. The molecule has 0 unspecified atom stereocenters. The fourth-order valence-electron chi connectivity index (χ4n) is 4.15. The summed E-state index contributed by atoms with van der Waals surface area (Å²) >= 11 is 0. The number of allylic oxidation sites excluding steroid dienone is 1. The topological polar surface area (TPSA) is 69.9 Å². The number of hydrogen-bond acceptors (Lipinski definition) is 5. The molecule has 1 amide bonds. The Morgan fingerprint density at radius 2 is 1.83 bits per heavy atom. The van der Waals surface area contributed by atoms with Gasteiger partial charge in [-0.25, -0.2) is 4.39 Å². The molecule has 0 radical (unpaired) electrons. The zero-order chi connectivity index (χ0) is 25.8. The van der Waals surface area contributed by atoms with Crippen LogP contribution in [-0.2, 0) is 4.79 Å². The summed E-state index contributed by atoms with van der Waals surface area (Å²) in [6.07, 6.45) is 3.17. The van der Waals surface area contributed by atoms with E-state index in [0.29, 0.717) is 40.7 Å². The lowest BCUT2D eigenvalue weighted by molar-refractivity contribution is -0.111. The lowest BCUT2D eigenvalue weighted by atomic mass is 9.96. The van der Waals surface area contributed by atoms with Gasteiger partial charge in [-0.2, -0.15) is 0 Å². The molecule has 4 aromatic rings. The summed E-state index contributed by atoms with van der Waals surface area (Å²) in [6.45, 7) is 6.12. The molecule has 0 aliphatic rings. The first kappa shape index (κ1) is 24.9. The maximum atomic E-state index is 13.5. The van der Waals surface area contributed by atoms with E-state index in [1.807, 2.05) is 26.8 Å². The molecule has 0 saturated carbocycles. The molecule has 6 nitrogen and oxygen atoms in total. The molecule has 0 spiro atoms. The second-order valence-corrected chi connectivity index (χ2v) is 8.23. The molecule has 3 aromatic carbocycles. The minimum Gasteiger partial charge on any atom is -0.497 e. The van der Waals surface area contributed by atoms with Crippen LogP contribution in [0.3, 0.4) is 0 Å². The van der Waals surface area contributed by atoms with Crippen molar-refractivity contribution in [2.45, 2.75) is 20.8 Å². The third-order valence-corrected chi connectivity index (χ3v) is 5.92. The monoisotopic (exact) mass is 489 g/mol. The van der Waals surface area contributed by atoms with E-state index in [-0.39, 0.29) is 11.7 Å². The van der Waals surface area contributed by atoms with Crippen molar-refractivity contribution in [2.24, 2.45) is 0 Å². The van der Waals surface area contributed by atoms with Gasteiger partial charge >= 0.3 is 0 Å². The van der Waals surface area contributed by atoms with Crippen LogP contribution in [0.5, 0.6) is 17.2 Å². The zero-order valence-corrected chi connectivity index (χ0v) is 20.9. The van der Waals surface area contributed by atoms with Gasteiger partial charge in [-0.05, 0) is 62.2 Å². The lowest BCUT2D eigenvalue weighted by Crippen LogP contribution is -2.10. The van der Waals surface area contributed by atoms with Crippen LogP contribution in [0.4, 0.5) is 10.1 Å². The van der Waals surface area contributed by atoms with E-state index >= 15 is 0 Å². The maximum absolute atomic E-state index is 13.5. The number of benzene rings is 3. The molecule has 1 N–H and O–H groups in total. The Morgan fingerprint density at radius 1 is 1.08 bits per heavy atom. The summed E-state index contributed by atoms with van der Waals surface area (Å²) in [5.41, 5.74) is 5.12. The summed E-state index contributed by atoms with van der Waals surface area (Å²) in [4.78, 5) is 13.0. The zero-order valence-electron chi connectivity index (χ0n) is 20.9. The number of carbonyl (C=O) groups excluding carboxylic acids is 1. The average molecular weight is 490 g/mol. The summed E-state index contributed by atoms with van der Waals surface area (Å²) in [5, 5.41) is 3.71. The van der Waals surface area contributed by atoms with E-state index < -0.39 is 0 Å². The highest BCUT2D eigenvalue weighted by molar-refractivity contribution is 6.06. The molecular weight excluding hydrogens is 461 g/mol. The number of anilines is 1. The first-order valence-corrected chi connectivity index (χ1v) is 11.5. The molecule has 0 aliphatic heterocycles. The van der Waals surface area contributed by atoms with E-state index in [9.17, 15) is 9.18 Å². The van der Waals surface area contributed by atoms with Crippen LogP contribution in [0, 0.1) is 12.7 Å². The number of ether oxygens (including phenoxy) is 3. The quantitative estimate of drug-likeness (QED) is 0.270. The van der Waals surface area contributed by atoms with Gasteiger partial charge in [0.25, 0.3) is 0 Å². The maximum Gasteiger partial charge on any atom is 0.248 e. The number of hydrogen-bond donors (Lipinski definition) is 1. The van der Waals surface area contributed by atoms with Gasteiger partial charge in [-0.3, -0.25) is 4.79 Å². The standard InChI is InChI=1S/C29H28FNO5/c1-6-35-28-18(3)29-23(24(16-36-29)19-7-9-20(30)10-8-19)15-22(28)17(2)13-27(32)31-25-14-21(33-4)11-12-26(25)34-5/h7-16H,6H2,1-5H3,(H,31,32)/b17-13+. The van der Waals surface area contributed by atoms with Gasteiger partial charge in [-0.1, -0.05) is 12.1 Å². The van der Waals surface area contributed by atoms with E-state index in [0.717, 1.165) is 27.6 Å². The van der Waals surface area contributed by atoms with Crippen LogP contribution >= 0.6 is 0 Å². The van der Waals surface area contributed by atoms with Crippen LogP contribution in [0.2, 0.25) is 0 Å². The Bertz CT molecular complexity index is 1440. The van der Waals surface area contributed by atoms with Crippen molar-refractivity contribution in [1.29, 1.82) is 0 Å². The number of rotatable bonds is 8. The first-order valence-electron chi connectivity index (χ1n) is 11.5. The van der Waals surface area contributed by atoms with Crippen LogP contribution in [0.25, 0.3) is 27.7 Å². The number of amides is 1. The van der Waals surface area contributed by atoms with Crippen molar-refractivity contribution < 1.29 is 27.8 Å². The van der Waals surface area contributed by atoms with Crippen LogP contribution in [-0.4, -0.2) is 26.7 Å². The van der Waals surface area contributed by atoms with E-state index in [1.54, 1.807) is 43.7 Å². The van der Waals surface area contributed by atoms with Crippen LogP contribution in [0.1, 0.15) is 25.0 Å². The number of aryl methyl sites for hydroxylation is 1. The van der Waals surface area contributed by atoms with Gasteiger partial charge in [0.15, 0.2) is 0 Å². The van der Waals surface area contributed by atoms with Gasteiger partial charge < -0.3 is 23.9 Å². The minimum absolute atomic E-state index is 0.306. The molecule has 1 heterocycles. The summed E-state index contributed by atoms with van der Waals surface area (Å²) in [5.74, 6) is 1.12. The third-order valence-electron chi connectivity index (χ3n) is 5.92. The minimum atomic E-state index is -0.329. The third kappa shape index (κ3) is 4.91. The lowest BCUT2D eigenvalue weighted by Gasteiger charge is -2.15. The SMILES string of the molecule is CCOc1c(/C(C)=C/C(=O)Nc2cc(OC)ccc2OC)cc2c(-c3ccc(F)cc3)coc2c1C. The van der Waals surface area contributed by atoms with Gasteiger partial charge in [0.05, 0.1) is 32.8 Å². The Kier molecular flexibility index (Phi) is 7.29. The fraction of sp³-hybridized carbons (Fsp3) is 0.207. The number of furan rings is 1. The van der Waals surface area contributed by atoms with Gasteiger partial charge in [0.1, 0.15) is 28.6 Å². The molecule has 0 aliphatic carbocycles. The largest absolute Gasteiger partial charge is 0.497 e. The van der Waals surface area contributed by atoms with Gasteiger partial charge in [0, 0.05) is 34.2 Å². The molecule has 0 fully saturated rings. The first-order chi connectivity index (χ1) is 17.4. The van der Waals surface area contributed by atoms with E-state index in [1.165, 1.54) is 25.3 Å². The highest BCUT2D eigenvalue weighted by Gasteiger charge is 2.19. The summed E-state index contributed by atoms with van der Waals surface area (Å²) in [6, 6.07) is 13.4. The highest BCUT2D eigenvalue weighted by Crippen LogP contribution is 2.41. The van der Waals surface area contributed by atoms with Gasteiger partial charge in [-0.15, -0.1) is 0 Å². The van der Waals surface area contributed by atoms with Crippen molar-refractivity contribution in [1.82, 2.24) is 0 Å². The number of nitrogens with one attached hydrogen (secondary N) is 1. The second-order valence-electron chi connectivity index (χ2n) is 8.23. The van der Waals surface area contributed by atoms with Crippen molar-refractivity contribution in [3.8, 4) is 28.4 Å². The molecule has 7 heteroatoms. The second kappa shape index (κ2) is 10.6. The molecule has 4 rings (SSSR count). The highest BCUT2D eigenvalue weighted by atomic mass is 19.1. The molecule has 0 bridgehead atoms. The smallest absolute Gasteiger partial charge is 0.248 e. The number of methoxy groups -OCH3 is 2. The molecule has 0 atom stereocenters. The van der Waals surface area contributed by atoms with E-state index in [2.05, 4.69) is 5.32 Å². The Balaban J connectivity index is 1.76. The molecule has 0 saturated heterocycles. The molecular formula is C29H28FNO5. The van der Waals surface area contributed by atoms with Crippen molar-refractivity contribution in [2.75, 3.05) is 26.1 Å². The van der Waals surface area contributed by atoms with Crippen molar-refractivity contribution >= 4 is 28.1 Å². The van der Waals surface area contributed by atoms with Crippen LogP contribution in [0.15, 0.2) is 65.3 Å². The fourth-order valence-corrected chi connectivity index (χ4v) is 4.15. The predicted octanol–water partition coefficient (Wildman–Crippen LogP) is 7.01. The predicted molar refractivity (Wildman–Crippen MR) is 139 cm³/mol. The summed E-state index contributed by atoms with van der Waals surface area (Å²) < 4.78 is 36.0.